The Labute approximate surface area is 135 Å². The number of halogens is 1. The summed E-state index contributed by atoms with van der Waals surface area (Å²) in [5.74, 6) is 1.11. The monoisotopic (exact) mass is 356 g/mol. The van der Waals surface area contributed by atoms with Crippen molar-refractivity contribution in [3.63, 3.8) is 0 Å². The van der Waals surface area contributed by atoms with E-state index in [0.717, 1.165) is 16.5 Å². The second-order valence-corrected chi connectivity index (χ2v) is 6.62. The molecule has 0 fully saturated rings. The van der Waals surface area contributed by atoms with Crippen molar-refractivity contribution in [2.24, 2.45) is 11.7 Å². The maximum absolute atomic E-state index is 12.0. The van der Waals surface area contributed by atoms with Crippen molar-refractivity contribution >= 4 is 21.8 Å². The van der Waals surface area contributed by atoms with Gasteiger partial charge in [0.1, 0.15) is 5.75 Å². The molecular formula is C16H25BrN2O2. The molecule has 2 atom stereocenters. The largest absolute Gasteiger partial charge is 0.481 e. The topological polar surface area (TPSA) is 64.3 Å². The average Bonchev–Trinajstić information content (AvgIpc) is 2.37. The molecule has 0 spiro atoms. The highest BCUT2D eigenvalue weighted by molar-refractivity contribution is 9.10. The minimum absolute atomic E-state index is 0.105. The van der Waals surface area contributed by atoms with Crippen LogP contribution in [-0.2, 0) is 4.79 Å². The Hall–Kier alpha value is -1.07. The lowest BCUT2D eigenvalue weighted by Gasteiger charge is -2.19. The number of hydrogen-bond acceptors (Lipinski definition) is 3. The van der Waals surface area contributed by atoms with Gasteiger partial charge in [-0.1, -0.05) is 35.8 Å². The molecule has 1 aromatic rings. The van der Waals surface area contributed by atoms with E-state index < -0.39 is 6.10 Å². The highest BCUT2D eigenvalue weighted by atomic mass is 79.9. The van der Waals surface area contributed by atoms with Crippen LogP contribution in [0.4, 0.5) is 0 Å². The average molecular weight is 357 g/mol. The summed E-state index contributed by atoms with van der Waals surface area (Å²) in [6.07, 6.45) is 0.407. The lowest BCUT2D eigenvalue weighted by Crippen LogP contribution is -2.37. The van der Waals surface area contributed by atoms with Crippen LogP contribution in [-0.4, -0.2) is 18.6 Å². The van der Waals surface area contributed by atoms with E-state index in [0.29, 0.717) is 18.2 Å². The highest BCUT2D eigenvalue weighted by Crippen LogP contribution is 2.28. The molecule has 1 aromatic carbocycles. The number of carbonyl (C=O) groups is 1. The molecule has 4 nitrogen and oxygen atoms in total. The van der Waals surface area contributed by atoms with E-state index in [1.54, 1.807) is 6.92 Å². The van der Waals surface area contributed by atoms with Crippen molar-refractivity contribution in [1.82, 2.24) is 5.32 Å². The van der Waals surface area contributed by atoms with Crippen LogP contribution in [0.5, 0.6) is 5.75 Å². The van der Waals surface area contributed by atoms with Crippen LogP contribution in [0.1, 0.15) is 45.7 Å². The zero-order valence-electron chi connectivity index (χ0n) is 13.2. The fourth-order valence-corrected chi connectivity index (χ4v) is 2.20. The molecule has 0 saturated carbocycles. The van der Waals surface area contributed by atoms with E-state index in [4.69, 9.17) is 10.5 Å². The molecule has 118 valence electrons. The molecule has 0 saturated heterocycles. The van der Waals surface area contributed by atoms with Crippen molar-refractivity contribution in [3.05, 3.63) is 28.2 Å². The van der Waals surface area contributed by atoms with Gasteiger partial charge in [-0.3, -0.25) is 4.79 Å². The first-order valence-electron chi connectivity index (χ1n) is 7.30. The van der Waals surface area contributed by atoms with Crippen LogP contribution >= 0.6 is 15.9 Å². The third-order valence-corrected chi connectivity index (χ3v) is 3.65. The van der Waals surface area contributed by atoms with Gasteiger partial charge in [-0.05, 0) is 38.3 Å². The van der Waals surface area contributed by atoms with E-state index in [1.165, 1.54) is 0 Å². The molecule has 0 heterocycles. The van der Waals surface area contributed by atoms with Gasteiger partial charge in [0, 0.05) is 22.6 Å². The lowest BCUT2D eigenvalue weighted by atomic mass is 10.1. The number of nitrogens with one attached hydrogen (secondary N) is 1. The van der Waals surface area contributed by atoms with Gasteiger partial charge in [-0.2, -0.15) is 0 Å². The van der Waals surface area contributed by atoms with E-state index in [1.807, 2.05) is 25.1 Å². The molecule has 1 amide bonds. The summed E-state index contributed by atoms with van der Waals surface area (Å²) in [5, 5.41) is 2.89. The first-order valence-corrected chi connectivity index (χ1v) is 8.10. The van der Waals surface area contributed by atoms with Gasteiger partial charge in [0.2, 0.25) is 0 Å². The van der Waals surface area contributed by atoms with Gasteiger partial charge >= 0.3 is 0 Å². The van der Waals surface area contributed by atoms with Gasteiger partial charge in [0.15, 0.2) is 6.10 Å². The van der Waals surface area contributed by atoms with Crippen molar-refractivity contribution < 1.29 is 9.53 Å². The van der Waals surface area contributed by atoms with Gasteiger partial charge in [0.25, 0.3) is 5.91 Å². The second kappa shape index (κ2) is 8.39. The normalized spacial score (nSPS) is 13.9. The maximum atomic E-state index is 12.0. The Morgan fingerprint density at radius 2 is 2.00 bits per heavy atom. The van der Waals surface area contributed by atoms with Crippen molar-refractivity contribution in [2.45, 2.75) is 46.3 Å². The van der Waals surface area contributed by atoms with Crippen molar-refractivity contribution in [3.8, 4) is 5.75 Å². The Balaban J connectivity index is 2.67. The Morgan fingerprint density at radius 1 is 1.33 bits per heavy atom. The van der Waals surface area contributed by atoms with Gasteiger partial charge in [-0.15, -0.1) is 0 Å². The molecule has 0 radical (unpaired) electrons. The SMILES string of the molecule is CC(C)CCNC(=O)C(C)Oc1cc(Br)ccc1[C@@H](C)N. The summed E-state index contributed by atoms with van der Waals surface area (Å²) in [4.78, 5) is 12.0. The first-order chi connectivity index (χ1) is 9.81. The van der Waals surface area contributed by atoms with Gasteiger partial charge in [-0.25, -0.2) is 0 Å². The molecule has 0 aromatic heterocycles. The van der Waals surface area contributed by atoms with Gasteiger partial charge in [0.05, 0.1) is 0 Å². The first kappa shape index (κ1) is 18.0. The van der Waals surface area contributed by atoms with Crippen molar-refractivity contribution in [1.29, 1.82) is 0 Å². The summed E-state index contributed by atoms with van der Waals surface area (Å²) in [6.45, 7) is 8.56. The van der Waals surface area contributed by atoms with Crippen LogP contribution in [0.15, 0.2) is 22.7 Å². The van der Waals surface area contributed by atoms with Crippen LogP contribution in [0.25, 0.3) is 0 Å². The molecular weight excluding hydrogens is 332 g/mol. The number of rotatable bonds is 7. The third-order valence-electron chi connectivity index (χ3n) is 3.16. The zero-order valence-corrected chi connectivity index (χ0v) is 14.7. The molecule has 0 bridgehead atoms. The minimum atomic E-state index is -0.552. The van der Waals surface area contributed by atoms with Crippen LogP contribution < -0.4 is 15.8 Å². The molecule has 0 aliphatic carbocycles. The zero-order chi connectivity index (χ0) is 16.0. The smallest absolute Gasteiger partial charge is 0.260 e. The third kappa shape index (κ3) is 6.06. The van der Waals surface area contributed by atoms with Crippen LogP contribution in [0, 0.1) is 5.92 Å². The standard InChI is InChI=1S/C16H25BrN2O2/c1-10(2)7-8-19-16(20)12(4)21-15-9-13(17)5-6-14(15)11(3)18/h5-6,9-12H,7-8,18H2,1-4H3,(H,19,20)/t11-,12?/m1/s1. The molecule has 21 heavy (non-hydrogen) atoms. The summed E-state index contributed by atoms with van der Waals surface area (Å²) in [6, 6.07) is 5.52. The highest BCUT2D eigenvalue weighted by Gasteiger charge is 2.17. The number of ether oxygens (including phenoxy) is 1. The predicted molar refractivity (Wildman–Crippen MR) is 89.3 cm³/mol. The number of benzene rings is 1. The van der Waals surface area contributed by atoms with Crippen molar-refractivity contribution in [2.75, 3.05) is 6.54 Å². The molecule has 1 unspecified atom stereocenters. The van der Waals surface area contributed by atoms with Crippen LogP contribution in [0.3, 0.4) is 0 Å². The Bertz CT molecular complexity index is 475. The molecule has 1 rings (SSSR count). The number of hydrogen-bond donors (Lipinski definition) is 2. The molecule has 0 aliphatic rings. The fourth-order valence-electron chi connectivity index (χ4n) is 1.86. The molecule has 5 heteroatoms. The Morgan fingerprint density at radius 3 is 2.57 bits per heavy atom. The maximum Gasteiger partial charge on any atom is 0.260 e. The van der Waals surface area contributed by atoms with E-state index in [9.17, 15) is 4.79 Å². The number of amides is 1. The summed E-state index contributed by atoms with van der Waals surface area (Å²) in [7, 11) is 0. The summed E-state index contributed by atoms with van der Waals surface area (Å²) < 4.78 is 6.68. The fraction of sp³-hybridized carbons (Fsp3) is 0.562. The summed E-state index contributed by atoms with van der Waals surface area (Å²) >= 11 is 3.41. The number of nitrogens with two attached hydrogens (primary N) is 1. The molecule has 0 aliphatic heterocycles. The van der Waals surface area contributed by atoms with E-state index in [-0.39, 0.29) is 11.9 Å². The summed E-state index contributed by atoms with van der Waals surface area (Å²) in [5.41, 5.74) is 6.82. The lowest BCUT2D eigenvalue weighted by molar-refractivity contribution is -0.127. The minimum Gasteiger partial charge on any atom is -0.481 e. The molecule has 3 N–H and O–H groups in total. The quantitative estimate of drug-likeness (QED) is 0.786. The predicted octanol–water partition coefficient (Wildman–Crippen LogP) is 3.40. The Kier molecular flexibility index (Phi) is 7.18. The van der Waals surface area contributed by atoms with E-state index in [2.05, 4.69) is 35.1 Å². The van der Waals surface area contributed by atoms with Gasteiger partial charge < -0.3 is 15.8 Å². The second-order valence-electron chi connectivity index (χ2n) is 5.70. The van der Waals surface area contributed by atoms with E-state index >= 15 is 0 Å². The number of carbonyl (C=O) groups excluding carboxylic acids is 1. The van der Waals surface area contributed by atoms with Crippen LogP contribution in [0.2, 0.25) is 0 Å².